The van der Waals surface area contributed by atoms with Gasteiger partial charge in [0, 0.05) is 16.9 Å². The number of nitrogens with two attached hydrogens (primary N) is 1. The lowest BCUT2D eigenvalue weighted by Crippen LogP contribution is -2.29. The van der Waals surface area contributed by atoms with Crippen LogP contribution in [0.5, 0.6) is 0 Å². The minimum atomic E-state index is -0.262. The highest BCUT2D eigenvalue weighted by Crippen LogP contribution is 2.21. The standard InChI is InChI=1S/C14H15BrFN3/c1-9-2-11(8-18-7-9)14(19-17)5-10-3-12(15)6-13(16)4-10/h2-4,6-8,14,19H,5,17H2,1H3. The maximum Gasteiger partial charge on any atom is 0.124 e. The molecule has 0 saturated heterocycles. The van der Waals surface area contributed by atoms with E-state index in [0.29, 0.717) is 6.42 Å². The second kappa shape index (κ2) is 6.23. The largest absolute Gasteiger partial charge is 0.271 e. The summed E-state index contributed by atoms with van der Waals surface area (Å²) in [7, 11) is 0. The Morgan fingerprint density at radius 3 is 2.74 bits per heavy atom. The number of hydrazine groups is 1. The van der Waals surface area contributed by atoms with Gasteiger partial charge in [0.15, 0.2) is 0 Å². The molecule has 0 fully saturated rings. The molecule has 1 atom stereocenters. The third-order valence-corrected chi connectivity index (χ3v) is 3.32. The molecule has 1 unspecified atom stereocenters. The maximum atomic E-state index is 13.4. The minimum absolute atomic E-state index is 0.0962. The third kappa shape index (κ3) is 3.83. The summed E-state index contributed by atoms with van der Waals surface area (Å²) in [6.45, 7) is 1.98. The van der Waals surface area contributed by atoms with Crippen molar-refractivity contribution in [2.24, 2.45) is 5.84 Å². The second-order valence-electron chi connectivity index (χ2n) is 4.50. The zero-order valence-corrected chi connectivity index (χ0v) is 12.1. The molecular weight excluding hydrogens is 309 g/mol. The van der Waals surface area contributed by atoms with Crippen LogP contribution in [0.1, 0.15) is 22.7 Å². The van der Waals surface area contributed by atoms with Gasteiger partial charge in [0.05, 0.1) is 6.04 Å². The third-order valence-electron chi connectivity index (χ3n) is 2.86. The summed E-state index contributed by atoms with van der Waals surface area (Å²) in [5.41, 5.74) is 5.68. The molecule has 1 aromatic carbocycles. The number of hydrogen-bond donors (Lipinski definition) is 2. The summed E-state index contributed by atoms with van der Waals surface area (Å²) in [4.78, 5) is 4.15. The Balaban J connectivity index is 2.23. The van der Waals surface area contributed by atoms with Gasteiger partial charge in [-0.25, -0.2) is 4.39 Å². The maximum absolute atomic E-state index is 13.4. The summed E-state index contributed by atoms with van der Waals surface area (Å²) < 4.78 is 14.1. The van der Waals surface area contributed by atoms with E-state index in [2.05, 4.69) is 26.3 Å². The Morgan fingerprint density at radius 2 is 2.11 bits per heavy atom. The molecule has 1 aromatic heterocycles. The first kappa shape index (κ1) is 14.1. The summed E-state index contributed by atoms with van der Waals surface area (Å²) in [5.74, 6) is 5.33. The predicted octanol–water partition coefficient (Wildman–Crippen LogP) is 3.04. The molecule has 3 N–H and O–H groups in total. The quantitative estimate of drug-likeness (QED) is 0.671. The van der Waals surface area contributed by atoms with E-state index in [1.54, 1.807) is 12.4 Å². The van der Waals surface area contributed by atoms with Gasteiger partial charge >= 0.3 is 0 Å². The highest BCUT2D eigenvalue weighted by Gasteiger charge is 2.12. The monoisotopic (exact) mass is 323 g/mol. The van der Waals surface area contributed by atoms with Gasteiger partial charge in [0.2, 0.25) is 0 Å². The average Bonchev–Trinajstić information content (AvgIpc) is 2.34. The molecule has 0 spiro atoms. The van der Waals surface area contributed by atoms with Crippen LogP contribution in [-0.4, -0.2) is 4.98 Å². The molecule has 1 heterocycles. The number of benzene rings is 1. The van der Waals surface area contributed by atoms with Crippen molar-refractivity contribution in [3.05, 3.63) is 63.6 Å². The van der Waals surface area contributed by atoms with Crippen LogP contribution in [0.25, 0.3) is 0 Å². The van der Waals surface area contributed by atoms with Gasteiger partial charge in [0.25, 0.3) is 0 Å². The van der Waals surface area contributed by atoms with E-state index in [0.717, 1.165) is 21.2 Å². The SMILES string of the molecule is Cc1cncc(C(Cc2cc(F)cc(Br)c2)NN)c1. The molecule has 3 nitrogen and oxygen atoms in total. The summed E-state index contributed by atoms with van der Waals surface area (Å²) in [6.07, 6.45) is 4.15. The first-order chi connectivity index (χ1) is 9.08. The second-order valence-corrected chi connectivity index (χ2v) is 5.41. The van der Waals surface area contributed by atoms with E-state index < -0.39 is 0 Å². The molecular formula is C14H15BrFN3. The van der Waals surface area contributed by atoms with Crippen LogP contribution in [0.4, 0.5) is 4.39 Å². The van der Waals surface area contributed by atoms with Crippen LogP contribution < -0.4 is 11.3 Å². The van der Waals surface area contributed by atoms with Gasteiger partial charge in [-0.3, -0.25) is 16.3 Å². The molecule has 100 valence electrons. The molecule has 0 aliphatic carbocycles. The van der Waals surface area contributed by atoms with E-state index in [4.69, 9.17) is 5.84 Å². The van der Waals surface area contributed by atoms with E-state index in [1.807, 2.05) is 19.1 Å². The molecule has 0 amide bonds. The predicted molar refractivity (Wildman–Crippen MR) is 76.8 cm³/mol. The molecule has 0 aliphatic rings. The number of pyridine rings is 1. The van der Waals surface area contributed by atoms with Gasteiger partial charge in [0.1, 0.15) is 5.82 Å². The van der Waals surface area contributed by atoms with Crippen molar-refractivity contribution in [1.29, 1.82) is 0 Å². The zero-order chi connectivity index (χ0) is 13.8. The Kier molecular flexibility index (Phi) is 4.63. The first-order valence-electron chi connectivity index (χ1n) is 5.91. The van der Waals surface area contributed by atoms with Crippen LogP contribution in [-0.2, 0) is 6.42 Å². The summed E-state index contributed by atoms with van der Waals surface area (Å²) >= 11 is 3.29. The van der Waals surface area contributed by atoms with Gasteiger partial charge < -0.3 is 0 Å². The highest BCUT2D eigenvalue weighted by atomic mass is 79.9. The van der Waals surface area contributed by atoms with Crippen molar-refractivity contribution >= 4 is 15.9 Å². The zero-order valence-electron chi connectivity index (χ0n) is 10.5. The van der Waals surface area contributed by atoms with Gasteiger partial charge in [-0.1, -0.05) is 22.0 Å². The number of aryl methyl sites for hydroxylation is 1. The van der Waals surface area contributed by atoms with E-state index >= 15 is 0 Å². The Labute approximate surface area is 120 Å². The average molecular weight is 324 g/mol. The first-order valence-corrected chi connectivity index (χ1v) is 6.70. The van der Waals surface area contributed by atoms with Crippen LogP contribution in [0.15, 0.2) is 41.1 Å². The molecule has 0 bridgehead atoms. The Morgan fingerprint density at radius 1 is 1.32 bits per heavy atom. The normalized spacial score (nSPS) is 12.4. The van der Waals surface area contributed by atoms with Crippen molar-refractivity contribution in [2.45, 2.75) is 19.4 Å². The van der Waals surface area contributed by atoms with Gasteiger partial charge in [-0.2, -0.15) is 0 Å². The highest BCUT2D eigenvalue weighted by molar-refractivity contribution is 9.10. The number of rotatable bonds is 4. The molecule has 5 heteroatoms. The molecule has 19 heavy (non-hydrogen) atoms. The van der Waals surface area contributed by atoms with E-state index in [-0.39, 0.29) is 11.9 Å². The fourth-order valence-corrected chi connectivity index (χ4v) is 2.52. The number of nitrogens with zero attached hydrogens (tertiary/aromatic N) is 1. The number of aromatic nitrogens is 1. The summed E-state index contributed by atoms with van der Waals surface area (Å²) in [6, 6.07) is 6.75. The smallest absolute Gasteiger partial charge is 0.124 e. The molecule has 0 radical (unpaired) electrons. The molecule has 0 aliphatic heterocycles. The van der Waals surface area contributed by atoms with Crippen LogP contribution in [0, 0.1) is 12.7 Å². The lowest BCUT2D eigenvalue weighted by Gasteiger charge is -2.16. The van der Waals surface area contributed by atoms with Crippen LogP contribution >= 0.6 is 15.9 Å². The van der Waals surface area contributed by atoms with Crippen molar-refractivity contribution in [1.82, 2.24) is 10.4 Å². The fraction of sp³-hybridized carbons (Fsp3) is 0.214. The van der Waals surface area contributed by atoms with Crippen molar-refractivity contribution < 1.29 is 4.39 Å². The topological polar surface area (TPSA) is 50.9 Å². The van der Waals surface area contributed by atoms with Crippen molar-refractivity contribution in [3.8, 4) is 0 Å². The van der Waals surface area contributed by atoms with Crippen molar-refractivity contribution in [2.75, 3.05) is 0 Å². The number of halogens is 2. The lowest BCUT2D eigenvalue weighted by molar-refractivity contribution is 0.546. The minimum Gasteiger partial charge on any atom is -0.271 e. The van der Waals surface area contributed by atoms with Crippen molar-refractivity contribution in [3.63, 3.8) is 0 Å². The molecule has 0 saturated carbocycles. The lowest BCUT2D eigenvalue weighted by atomic mass is 10.00. The van der Waals surface area contributed by atoms with E-state index in [1.165, 1.54) is 12.1 Å². The van der Waals surface area contributed by atoms with Gasteiger partial charge in [-0.05, 0) is 48.2 Å². The number of nitrogens with one attached hydrogen (secondary N) is 1. The van der Waals surface area contributed by atoms with Gasteiger partial charge in [-0.15, -0.1) is 0 Å². The number of hydrogen-bond acceptors (Lipinski definition) is 3. The Bertz CT molecular complexity index is 554. The van der Waals surface area contributed by atoms with E-state index in [9.17, 15) is 4.39 Å². The van der Waals surface area contributed by atoms with Crippen LogP contribution in [0.2, 0.25) is 0 Å². The van der Waals surface area contributed by atoms with Crippen LogP contribution in [0.3, 0.4) is 0 Å². The summed E-state index contributed by atoms with van der Waals surface area (Å²) in [5, 5.41) is 0. The molecule has 2 rings (SSSR count). The fourth-order valence-electron chi connectivity index (χ4n) is 2.01. The Hall–Kier alpha value is -1.30. The molecule has 2 aromatic rings.